The van der Waals surface area contributed by atoms with Gasteiger partial charge in [-0.05, 0) is 64.2 Å². The third kappa shape index (κ3) is 5.01. The summed E-state index contributed by atoms with van der Waals surface area (Å²) >= 11 is 0. The van der Waals surface area contributed by atoms with Crippen molar-refractivity contribution in [3.63, 3.8) is 0 Å². The largest absolute Gasteiger partial charge is 0.491 e. The quantitative estimate of drug-likeness (QED) is 0.856. The second kappa shape index (κ2) is 7.81. The molecule has 0 aliphatic heterocycles. The number of nitrogens with one attached hydrogen (secondary N) is 1. The molecule has 1 aromatic carbocycles. The van der Waals surface area contributed by atoms with Gasteiger partial charge in [-0.15, -0.1) is 0 Å². The highest BCUT2D eigenvalue weighted by molar-refractivity contribution is 5.29. The first-order valence-corrected chi connectivity index (χ1v) is 8.14. The first-order chi connectivity index (χ1) is 10.1. The lowest BCUT2D eigenvalue weighted by atomic mass is 9.92. The van der Waals surface area contributed by atoms with E-state index in [2.05, 4.69) is 36.5 Å². The molecule has 0 amide bonds. The van der Waals surface area contributed by atoms with Crippen LogP contribution in [0.25, 0.3) is 0 Å². The second-order valence-corrected chi connectivity index (χ2v) is 6.35. The van der Waals surface area contributed by atoms with Gasteiger partial charge in [-0.3, -0.25) is 0 Å². The van der Waals surface area contributed by atoms with Crippen molar-refractivity contribution in [1.82, 2.24) is 5.32 Å². The van der Waals surface area contributed by atoms with Crippen molar-refractivity contribution in [2.24, 2.45) is 0 Å². The van der Waals surface area contributed by atoms with Crippen LogP contribution in [-0.2, 0) is 4.74 Å². The highest BCUT2D eigenvalue weighted by atomic mass is 16.5. The van der Waals surface area contributed by atoms with Gasteiger partial charge in [0, 0.05) is 19.2 Å². The van der Waals surface area contributed by atoms with Gasteiger partial charge in [-0.1, -0.05) is 12.1 Å². The summed E-state index contributed by atoms with van der Waals surface area (Å²) in [6.45, 7) is 6.33. The predicted octanol–water partition coefficient (Wildman–Crippen LogP) is 4.08. The molecule has 0 radical (unpaired) electrons. The van der Waals surface area contributed by atoms with Crippen LogP contribution >= 0.6 is 0 Å². The maximum Gasteiger partial charge on any atom is 0.119 e. The molecular weight excluding hydrogens is 262 g/mol. The molecule has 0 spiro atoms. The Morgan fingerprint density at radius 1 is 1.10 bits per heavy atom. The minimum atomic E-state index is 0.222. The molecule has 1 saturated carbocycles. The second-order valence-electron chi connectivity index (χ2n) is 6.35. The molecule has 3 unspecified atom stereocenters. The Hall–Kier alpha value is -1.06. The molecule has 1 aliphatic rings. The van der Waals surface area contributed by atoms with Crippen molar-refractivity contribution in [2.75, 3.05) is 7.11 Å². The summed E-state index contributed by atoms with van der Waals surface area (Å²) in [5.41, 5.74) is 1.31. The van der Waals surface area contributed by atoms with Gasteiger partial charge in [0.25, 0.3) is 0 Å². The van der Waals surface area contributed by atoms with E-state index in [4.69, 9.17) is 9.47 Å². The molecule has 0 saturated heterocycles. The number of hydrogen-bond donors (Lipinski definition) is 1. The SMILES string of the molecule is COC1CCCC(NC(C)c2ccc(OC(C)C)cc2)C1. The van der Waals surface area contributed by atoms with E-state index in [0.717, 1.165) is 12.2 Å². The zero-order valence-electron chi connectivity index (χ0n) is 13.8. The van der Waals surface area contributed by atoms with Gasteiger partial charge >= 0.3 is 0 Å². The molecule has 21 heavy (non-hydrogen) atoms. The first-order valence-electron chi connectivity index (χ1n) is 8.14. The number of benzene rings is 1. The fourth-order valence-corrected chi connectivity index (χ4v) is 3.07. The Morgan fingerprint density at radius 3 is 2.43 bits per heavy atom. The minimum absolute atomic E-state index is 0.222. The molecule has 0 bridgehead atoms. The molecule has 1 fully saturated rings. The van der Waals surface area contributed by atoms with Crippen LogP contribution in [0.1, 0.15) is 58.1 Å². The summed E-state index contributed by atoms with van der Waals surface area (Å²) in [6.07, 6.45) is 5.47. The molecule has 3 nitrogen and oxygen atoms in total. The lowest BCUT2D eigenvalue weighted by molar-refractivity contribution is 0.0572. The monoisotopic (exact) mass is 291 g/mol. The maximum atomic E-state index is 5.69. The average molecular weight is 291 g/mol. The lowest BCUT2D eigenvalue weighted by Gasteiger charge is -2.31. The van der Waals surface area contributed by atoms with E-state index in [1.54, 1.807) is 0 Å². The van der Waals surface area contributed by atoms with Gasteiger partial charge in [-0.2, -0.15) is 0 Å². The van der Waals surface area contributed by atoms with Crippen molar-refractivity contribution in [3.8, 4) is 5.75 Å². The van der Waals surface area contributed by atoms with Crippen molar-refractivity contribution in [3.05, 3.63) is 29.8 Å². The molecule has 3 atom stereocenters. The predicted molar refractivity (Wildman–Crippen MR) is 86.8 cm³/mol. The zero-order valence-corrected chi connectivity index (χ0v) is 13.8. The van der Waals surface area contributed by atoms with E-state index < -0.39 is 0 Å². The number of ether oxygens (including phenoxy) is 2. The summed E-state index contributed by atoms with van der Waals surface area (Å²) in [4.78, 5) is 0. The number of hydrogen-bond acceptors (Lipinski definition) is 3. The third-order valence-electron chi connectivity index (χ3n) is 4.20. The van der Waals surface area contributed by atoms with E-state index >= 15 is 0 Å². The topological polar surface area (TPSA) is 30.5 Å². The smallest absolute Gasteiger partial charge is 0.119 e. The molecule has 0 heterocycles. The Labute approximate surface area is 129 Å². The Morgan fingerprint density at radius 2 is 1.81 bits per heavy atom. The molecule has 0 aromatic heterocycles. The van der Waals surface area contributed by atoms with Crippen LogP contribution in [-0.4, -0.2) is 25.4 Å². The Balaban J connectivity index is 1.89. The van der Waals surface area contributed by atoms with E-state index in [0.29, 0.717) is 18.2 Å². The molecule has 1 aromatic rings. The molecule has 118 valence electrons. The van der Waals surface area contributed by atoms with Crippen LogP contribution in [0.4, 0.5) is 0 Å². The van der Waals surface area contributed by atoms with E-state index in [-0.39, 0.29) is 6.10 Å². The summed E-state index contributed by atoms with van der Waals surface area (Å²) in [6, 6.07) is 9.36. The van der Waals surface area contributed by atoms with Crippen LogP contribution in [0.3, 0.4) is 0 Å². The zero-order chi connectivity index (χ0) is 15.2. The third-order valence-corrected chi connectivity index (χ3v) is 4.20. The molecule has 1 N–H and O–H groups in total. The summed E-state index contributed by atoms with van der Waals surface area (Å²) in [7, 11) is 1.82. The van der Waals surface area contributed by atoms with E-state index in [1.807, 2.05) is 21.0 Å². The molecular formula is C18H29NO2. The normalized spacial score (nSPS) is 24.0. The van der Waals surface area contributed by atoms with Crippen LogP contribution in [0, 0.1) is 0 Å². The van der Waals surface area contributed by atoms with Crippen LogP contribution in [0.2, 0.25) is 0 Å². The van der Waals surface area contributed by atoms with E-state index in [9.17, 15) is 0 Å². The van der Waals surface area contributed by atoms with Gasteiger partial charge in [0.15, 0.2) is 0 Å². The van der Waals surface area contributed by atoms with Gasteiger partial charge < -0.3 is 14.8 Å². The maximum absolute atomic E-state index is 5.69. The van der Waals surface area contributed by atoms with Crippen molar-refractivity contribution < 1.29 is 9.47 Å². The highest BCUT2D eigenvalue weighted by Gasteiger charge is 2.22. The number of rotatable bonds is 6. The van der Waals surface area contributed by atoms with E-state index in [1.165, 1.54) is 24.8 Å². The number of methoxy groups -OCH3 is 1. The van der Waals surface area contributed by atoms with Gasteiger partial charge in [-0.25, -0.2) is 0 Å². The minimum Gasteiger partial charge on any atom is -0.491 e. The molecule has 2 rings (SSSR count). The Bertz CT molecular complexity index is 416. The first kappa shape index (κ1) is 16.3. The van der Waals surface area contributed by atoms with Gasteiger partial charge in [0.05, 0.1) is 12.2 Å². The standard InChI is InChI=1S/C18H29NO2/c1-13(2)21-17-10-8-15(9-11-17)14(3)19-16-6-5-7-18(12-16)20-4/h8-11,13-14,16,18-19H,5-7,12H2,1-4H3. The summed E-state index contributed by atoms with van der Waals surface area (Å²) in [5, 5.41) is 3.74. The Kier molecular flexibility index (Phi) is 6.07. The summed E-state index contributed by atoms with van der Waals surface area (Å²) < 4.78 is 11.2. The van der Waals surface area contributed by atoms with Crippen LogP contribution in [0.15, 0.2) is 24.3 Å². The van der Waals surface area contributed by atoms with Crippen molar-refractivity contribution in [1.29, 1.82) is 0 Å². The fraction of sp³-hybridized carbons (Fsp3) is 0.667. The molecule has 1 aliphatic carbocycles. The van der Waals surface area contributed by atoms with Gasteiger partial charge in [0.1, 0.15) is 5.75 Å². The van der Waals surface area contributed by atoms with Crippen molar-refractivity contribution in [2.45, 2.75) is 70.7 Å². The van der Waals surface area contributed by atoms with Crippen LogP contribution in [0.5, 0.6) is 5.75 Å². The fourth-order valence-electron chi connectivity index (χ4n) is 3.07. The lowest BCUT2D eigenvalue weighted by Crippen LogP contribution is -2.38. The van der Waals surface area contributed by atoms with Crippen molar-refractivity contribution >= 4 is 0 Å². The summed E-state index contributed by atoms with van der Waals surface area (Å²) in [5.74, 6) is 0.943. The molecule has 3 heteroatoms. The van der Waals surface area contributed by atoms with Gasteiger partial charge in [0.2, 0.25) is 0 Å². The average Bonchev–Trinajstić information content (AvgIpc) is 2.47. The highest BCUT2D eigenvalue weighted by Crippen LogP contribution is 2.24. The van der Waals surface area contributed by atoms with Crippen LogP contribution < -0.4 is 10.1 Å².